The molecule has 0 heterocycles. The fourth-order valence-electron chi connectivity index (χ4n) is 1.62. The second-order valence-electron chi connectivity index (χ2n) is 3.74. The van der Waals surface area contributed by atoms with Crippen LogP contribution < -0.4 is 0 Å². The first-order chi connectivity index (χ1) is 6.73. The van der Waals surface area contributed by atoms with Crippen molar-refractivity contribution in [2.75, 3.05) is 0 Å². The van der Waals surface area contributed by atoms with Crippen LogP contribution in [0.3, 0.4) is 0 Å². The van der Waals surface area contributed by atoms with Crippen LogP contribution in [0.1, 0.15) is 29.3 Å². The smallest absolute Gasteiger partial charge is 0.282 e. The number of benzene rings is 1. The van der Waals surface area contributed by atoms with Gasteiger partial charge < -0.3 is 0 Å². The summed E-state index contributed by atoms with van der Waals surface area (Å²) < 4.78 is 31.2. The van der Waals surface area contributed by atoms with Gasteiger partial charge in [-0.2, -0.15) is 8.42 Å². The lowest BCUT2D eigenvalue weighted by Gasteiger charge is -2.12. The second-order valence-corrected chi connectivity index (χ2v) is 6.13. The molecule has 0 bridgehead atoms. The highest BCUT2D eigenvalue weighted by Gasteiger charge is 2.16. The quantitative estimate of drug-likeness (QED) is 0.644. The van der Waals surface area contributed by atoms with E-state index >= 15 is 0 Å². The van der Waals surface area contributed by atoms with Gasteiger partial charge in [0.05, 0.1) is 4.90 Å². The van der Waals surface area contributed by atoms with E-state index in [-0.39, 0.29) is 10.6 Å². The number of rotatable bonds is 2. The van der Waals surface area contributed by atoms with E-state index in [0.717, 1.165) is 11.1 Å². The van der Waals surface area contributed by atoms with E-state index in [2.05, 4.69) is 9.24 Å². The summed E-state index contributed by atoms with van der Waals surface area (Å²) in [6, 6.07) is 3.32. The summed E-state index contributed by atoms with van der Waals surface area (Å²) in [7, 11) is -1.51. The average molecular weight is 246 g/mol. The van der Waals surface area contributed by atoms with Gasteiger partial charge in [-0.3, -0.25) is 4.55 Å². The lowest BCUT2D eigenvalue weighted by atomic mass is 10.0. The Bertz CT molecular complexity index is 478. The molecule has 0 amide bonds. The van der Waals surface area contributed by atoms with Crippen molar-refractivity contribution >= 4 is 19.4 Å². The van der Waals surface area contributed by atoms with Crippen LogP contribution in [0.15, 0.2) is 17.0 Å². The molecule has 1 rings (SSSR count). The largest absolute Gasteiger partial charge is 0.294 e. The van der Waals surface area contributed by atoms with Crippen LogP contribution in [0.5, 0.6) is 0 Å². The summed E-state index contributed by atoms with van der Waals surface area (Å²) in [5.74, 6) is 0. The predicted molar refractivity (Wildman–Crippen MR) is 63.9 cm³/mol. The van der Waals surface area contributed by atoms with E-state index in [4.69, 9.17) is 4.55 Å². The summed E-state index contributed by atoms with van der Waals surface area (Å²) in [6.45, 7) is 5.56. The zero-order valence-corrected chi connectivity index (χ0v) is 11.0. The monoisotopic (exact) mass is 246 g/mol. The van der Waals surface area contributed by atoms with Crippen molar-refractivity contribution in [1.82, 2.24) is 0 Å². The van der Waals surface area contributed by atoms with E-state index in [9.17, 15) is 8.42 Å². The highest BCUT2D eigenvalue weighted by molar-refractivity contribution is 7.85. The van der Waals surface area contributed by atoms with Crippen molar-refractivity contribution in [3.05, 3.63) is 28.8 Å². The first-order valence-electron chi connectivity index (χ1n) is 4.57. The maximum Gasteiger partial charge on any atom is 0.294 e. The molecule has 0 aliphatic heterocycles. The Hall–Kier alpha value is -0.440. The number of aryl methyl sites for hydroxylation is 2. The SMILES string of the molecule is Cc1cc(C)c(S(=O)(=O)O)cc1C(C)P. The molecular formula is C10H15O3PS. The molecule has 0 spiro atoms. The standard InChI is InChI=1S/C10H15O3PS/c1-6-4-7(2)10(15(11,12)13)5-9(6)8(3)14/h4-5,8H,14H2,1-3H3,(H,11,12,13). The average Bonchev–Trinajstić information content (AvgIpc) is 2.00. The van der Waals surface area contributed by atoms with Gasteiger partial charge in [-0.05, 0) is 42.3 Å². The molecule has 5 heteroatoms. The summed E-state index contributed by atoms with van der Waals surface area (Å²) in [5, 5.41) is 0. The van der Waals surface area contributed by atoms with Gasteiger partial charge in [0.15, 0.2) is 0 Å². The summed E-state index contributed by atoms with van der Waals surface area (Å²) >= 11 is 0. The van der Waals surface area contributed by atoms with Gasteiger partial charge in [-0.1, -0.05) is 13.0 Å². The summed E-state index contributed by atoms with van der Waals surface area (Å²) in [4.78, 5) is -0.00241. The van der Waals surface area contributed by atoms with Crippen molar-refractivity contribution in [3.63, 3.8) is 0 Å². The zero-order chi connectivity index (χ0) is 11.8. The maximum absolute atomic E-state index is 11.1. The topological polar surface area (TPSA) is 54.4 Å². The van der Waals surface area contributed by atoms with E-state index < -0.39 is 10.1 Å². The molecule has 15 heavy (non-hydrogen) atoms. The predicted octanol–water partition coefficient (Wildman–Crippen LogP) is 2.49. The van der Waals surface area contributed by atoms with Crippen molar-refractivity contribution < 1.29 is 13.0 Å². The lowest BCUT2D eigenvalue weighted by molar-refractivity contribution is 0.482. The van der Waals surface area contributed by atoms with Crippen LogP contribution in [0, 0.1) is 13.8 Å². The van der Waals surface area contributed by atoms with Gasteiger partial charge in [0, 0.05) is 0 Å². The fourth-order valence-corrected chi connectivity index (χ4v) is 2.72. The molecule has 0 radical (unpaired) electrons. The molecule has 84 valence electrons. The Labute approximate surface area is 92.8 Å². The molecule has 0 aliphatic carbocycles. The van der Waals surface area contributed by atoms with E-state index in [1.165, 1.54) is 6.07 Å². The van der Waals surface area contributed by atoms with Crippen LogP contribution in [-0.4, -0.2) is 13.0 Å². The summed E-state index contributed by atoms with van der Waals surface area (Å²) in [5.41, 5.74) is 2.68. The van der Waals surface area contributed by atoms with Gasteiger partial charge in [0.25, 0.3) is 10.1 Å². The Kier molecular flexibility index (Phi) is 3.54. The molecule has 0 saturated heterocycles. The minimum atomic E-state index is -4.12. The van der Waals surface area contributed by atoms with Crippen molar-refractivity contribution in [1.29, 1.82) is 0 Å². The van der Waals surface area contributed by atoms with E-state index in [0.29, 0.717) is 5.56 Å². The maximum atomic E-state index is 11.1. The number of hydrogen-bond acceptors (Lipinski definition) is 2. The molecule has 0 fully saturated rings. The highest BCUT2D eigenvalue weighted by atomic mass is 32.2. The summed E-state index contributed by atoms with van der Waals surface area (Å²) in [6.07, 6.45) is 0. The highest BCUT2D eigenvalue weighted by Crippen LogP contribution is 2.29. The van der Waals surface area contributed by atoms with Crippen molar-refractivity contribution in [2.45, 2.75) is 31.3 Å². The Morgan fingerprint density at radius 1 is 1.27 bits per heavy atom. The molecule has 0 saturated carbocycles. The van der Waals surface area contributed by atoms with Gasteiger partial charge >= 0.3 is 0 Å². The van der Waals surface area contributed by atoms with Gasteiger partial charge in [-0.25, -0.2) is 0 Å². The Morgan fingerprint density at radius 3 is 2.20 bits per heavy atom. The molecule has 3 nitrogen and oxygen atoms in total. The zero-order valence-electron chi connectivity index (χ0n) is 8.98. The minimum absolute atomic E-state index is 0.00241. The minimum Gasteiger partial charge on any atom is -0.282 e. The molecule has 0 aliphatic rings. The number of hydrogen-bond donors (Lipinski definition) is 1. The molecule has 1 aromatic carbocycles. The molecule has 2 atom stereocenters. The van der Waals surface area contributed by atoms with Gasteiger partial charge in [-0.15, -0.1) is 9.24 Å². The molecule has 0 aromatic heterocycles. The van der Waals surface area contributed by atoms with E-state index in [1.54, 1.807) is 13.0 Å². The molecular weight excluding hydrogens is 231 g/mol. The fraction of sp³-hybridized carbons (Fsp3) is 0.400. The second kappa shape index (κ2) is 4.20. The van der Waals surface area contributed by atoms with E-state index in [1.807, 2.05) is 13.8 Å². The van der Waals surface area contributed by atoms with Crippen LogP contribution in [-0.2, 0) is 10.1 Å². The Morgan fingerprint density at radius 2 is 1.80 bits per heavy atom. The molecule has 1 N–H and O–H groups in total. The first-order valence-corrected chi connectivity index (χ1v) is 6.68. The first kappa shape index (κ1) is 12.6. The van der Waals surface area contributed by atoms with Crippen molar-refractivity contribution in [3.8, 4) is 0 Å². The van der Waals surface area contributed by atoms with Crippen molar-refractivity contribution in [2.24, 2.45) is 0 Å². The third-order valence-corrected chi connectivity index (χ3v) is 3.69. The van der Waals surface area contributed by atoms with Gasteiger partial charge in [0.1, 0.15) is 0 Å². The third kappa shape index (κ3) is 2.77. The van der Waals surface area contributed by atoms with Crippen LogP contribution in [0.4, 0.5) is 0 Å². The van der Waals surface area contributed by atoms with Crippen LogP contribution in [0.25, 0.3) is 0 Å². The third-order valence-electron chi connectivity index (χ3n) is 2.33. The molecule has 2 unspecified atom stereocenters. The normalized spacial score (nSPS) is 13.9. The van der Waals surface area contributed by atoms with Crippen LogP contribution >= 0.6 is 9.24 Å². The Balaban J connectivity index is 3.50. The van der Waals surface area contributed by atoms with Crippen LogP contribution in [0.2, 0.25) is 0 Å². The lowest BCUT2D eigenvalue weighted by Crippen LogP contribution is -2.03. The van der Waals surface area contributed by atoms with Gasteiger partial charge in [0.2, 0.25) is 0 Å². The molecule has 1 aromatic rings.